The van der Waals surface area contributed by atoms with Gasteiger partial charge in [-0.3, -0.25) is 4.79 Å². The zero-order chi connectivity index (χ0) is 13.8. The van der Waals surface area contributed by atoms with Gasteiger partial charge in [-0.05, 0) is 20.3 Å². The van der Waals surface area contributed by atoms with Crippen molar-refractivity contribution in [3.63, 3.8) is 0 Å². The number of hydrogen-bond acceptors (Lipinski definition) is 3. The first-order valence-electron chi connectivity index (χ1n) is 6.24. The van der Waals surface area contributed by atoms with Crippen LogP contribution in [0.15, 0.2) is 0 Å². The Balaban J connectivity index is 2.65. The van der Waals surface area contributed by atoms with Crippen molar-refractivity contribution in [3.05, 3.63) is 0 Å². The molecule has 0 spiro atoms. The highest BCUT2D eigenvalue weighted by Crippen LogP contribution is 2.20. The van der Waals surface area contributed by atoms with E-state index in [0.717, 1.165) is 12.2 Å². The Morgan fingerprint density at radius 3 is 2.72 bits per heavy atom. The fourth-order valence-electron chi connectivity index (χ4n) is 1.74. The number of hydrogen-bond donors (Lipinski definition) is 2. The number of carbonyl (C=O) groups is 2. The van der Waals surface area contributed by atoms with E-state index in [9.17, 15) is 9.59 Å². The fourth-order valence-corrected chi connectivity index (χ4v) is 2.80. The fraction of sp³-hybridized carbons (Fsp3) is 0.833. The number of thioether (sulfide) groups is 1. The van der Waals surface area contributed by atoms with Crippen LogP contribution in [0.5, 0.6) is 0 Å². The summed E-state index contributed by atoms with van der Waals surface area (Å²) in [6, 6.07) is -0.345. The lowest BCUT2D eigenvalue weighted by atomic mass is 10.0. The first-order chi connectivity index (χ1) is 8.35. The van der Waals surface area contributed by atoms with Crippen LogP contribution in [0.25, 0.3) is 0 Å². The molecular weight excluding hydrogens is 252 g/mol. The zero-order valence-electron chi connectivity index (χ0n) is 11.2. The molecule has 0 aromatic carbocycles. The topological polar surface area (TPSA) is 69.6 Å². The van der Waals surface area contributed by atoms with Gasteiger partial charge in [0, 0.05) is 23.6 Å². The average molecular weight is 274 g/mol. The van der Waals surface area contributed by atoms with Gasteiger partial charge in [0.05, 0.1) is 12.5 Å². The molecule has 2 N–H and O–H groups in total. The zero-order valence-corrected chi connectivity index (χ0v) is 12.0. The maximum absolute atomic E-state index is 12.2. The van der Waals surface area contributed by atoms with Gasteiger partial charge in [-0.25, -0.2) is 4.79 Å². The highest BCUT2D eigenvalue weighted by atomic mass is 32.2. The lowest BCUT2D eigenvalue weighted by Gasteiger charge is -2.37. The van der Waals surface area contributed by atoms with Crippen LogP contribution in [0.3, 0.4) is 0 Å². The molecule has 6 heteroatoms. The van der Waals surface area contributed by atoms with Crippen molar-refractivity contribution in [2.45, 2.75) is 45.2 Å². The van der Waals surface area contributed by atoms with Gasteiger partial charge >= 0.3 is 12.0 Å². The van der Waals surface area contributed by atoms with E-state index in [1.165, 1.54) is 0 Å². The molecule has 0 radical (unpaired) electrons. The molecule has 2 amide bonds. The van der Waals surface area contributed by atoms with Crippen molar-refractivity contribution in [2.24, 2.45) is 0 Å². The molecule has 1 atom stereocenters. The first-order valence-corrected chi connectivity index (χ1v) is 7.39. The highest BCUT2D eigenvalue weighted by Gasteiger charge is 2.31. The maximum atomic E-state index is 12.2. The maximum Gasteiger partial charge on any atom is 0.318 e. The Hall–Kier alpha value is -0.910. The van der Waals surface area contributed by atoms with E-state index in [1.54, 1.807) is 16.7 Å². The summed E-state index contributed by atoms with van der Waals surface area (Å²) >= 11 is 1.70. The lowest BCUT2D eigenvalue weighted by Crippen LogP contribution is -2.55. The van der Waals surface area contributed by atoms with Crippen LogP contribution in [-0.2, 0) is 4.79 Å². The molecule has 1 aliphatic heterocycles. The molecule has 1 unspecified atom stereocenters. The second-order valence-corrected chi connectivity index (χ2v) is 6.34. The van der Waals surface area contributed by atoms with Crippen molar-refractivity contribution in [1.82, 2.24) is 10.2 Å². The molecule has 0 saturated carbocycles. The summed E-state index contributed by atoms with van der Waals surface area (Å²) in [7, 11) is 0. The van der Waals surface area contributed by atoms with Crippen LogP contribution < -0.4 is 5.32 Å². The first kappa shape index (κ1) is 15.1. The number of carboxylic acids is 1. The second kappa shape index (κ2) is 6.31. The average Bonchev–Trinajstić information content (AvgIpc) is 2.28. The van der Waals surface area contributed by atoms with Crippen LogP contribution in [0.2, 0.25) is 0 Å². The number of rotatable bonds is 4. The summed E-state index contributed by atoms with van der Waals surface area (Å²) in [6.45, 7) is 6.57. The van der Waals surface area contributed by atoms with E-state index in [-0.39, 0.29) is 24.0 Å². The Morgan fingerprint density at radius 1 is 1.50 bits per heavy atom. The summed E-state index contributed by atoms with van der Waals surface area (Å²) < 4.78 is 0. The molecule has 18 heavy (non-hydrogen) atoms. The standard InChI is InChI=1S/C12H22N2O3S/c1-4-12(2,3)13-11(17)14-5-6-18-8-9(14)7-10(15)16/h9H,4-8H2,1-3H3,(H,13,17)(H,15,16). The predicted molar refractivity (Wildman–Crippen MR) is 73.0 cm³/mol. The summed E-state index contributed by atoms with van der Waals surface area (Å²) in [4.78, 5) is 24.7. The molecule has 5 nitrogen and oxygen atoms in total. The largest absolute Gasteiger partial charge is 0.481 e. The van der Waals surface area contributed by atoms with Crippen LogP contribution in [0.4, 0.5) is 4.79 Å². The molecule has 1 heterocycles. The molecular formula is C12H22N2O3S. The molecule has 1 aliphatic rings. The normalized spacial score (nSPS) is 20.6. The SMILES string of the molecule is CCC(C)(C)NC(=O)N1CCSCC1CC(=O)O. The number of urea groups is 1. The molecule has 0 aliphatic carbocycles. The van der Waals surface area contributed by atoms with Crippen molar-refractivity contribution in [3.8, 4) is 0 Å². The van der Waals surface area contributed by atoms with Gasteiger partial charge in [-0.15, -0.1) is 0 Å². The van der Waals surface area contributed by atoms with Crippen molar-refractivity contribution < 1.29 is 14.7 Å². The smallest absolute Gasteiger partial charge is 0.318 e. The number of aliphatic carboxylic acids is 1. The molecule has 1 saturated heterocycles. The van der Waals surface area contributed by atoms with Gasteiger partial charge < -0.3 is 15.3 Å². The van der Waals surface area contributed by atoms with E-state index in [0.29, 0.717) is 12.3 Å². The van der Waals surface area contributed by atoms with Crippen molar-refractivity contribution in [2.75, 3.05) is 18.1 Å². The highest BCUT2D eigenvalue weighted by molar-refractivity contribution is 7.99. The third kappa shape index (κ3) is 4.40. The summed E-state index contributed by atoms with van der Waals surface area (Å²) in [5.41, 5.74) is -0.255. The van der Waals surface area contributed by atoms with E-state index >= 15 is 0 Å². The monoisotopic (exact) mass is 274 g/mol. The summed E-state index contributed by atoms with van der Waals surface area (Å²) in [5.74, 6) is 0.720. The van der Waals surface area contributed by atoms with Crippen LogP contribution in [-0.4, -0.2) is 51.6 Å². The second-order valence-electron chi connectivity index (χ2n) is 5.19. The summed E-state index contributed by atoms with van der Waals surface area (Å²) in [6.07, 6.45) is 0.859. The number of amides is 2. The van der Waals surface area contributed by atoms with Gasteiger partial charge in [0.2, 0.25) is 0 Å². The minimum absolute atomic E-state index is 0.0208. The predicted octanol–water partition coefficient (Wildman–Crippen LogP) is 1.78. The quantitative estimate of drug-likeness (QED) is 0.820. The van der Waals surface area contributed by atoms with E-state index in [4.69, 9.17) is 5.11 Å². The van der Waals surface area contributed by atoms with Gasteiger partial charge in [-0.1, -0.05) is 6.92 Å². The molecule has 1 rings (SSSR count). The molecule has 0 aromatic rings. The Kier molecular flexibility index (Phi) is 5.31. The minimum atomic E-state index is -0.852. The molecule has 0 bridgehead atoms. The Morgan fingerprint density at radius 2 is 2.17 bits per heavy atom. The lowest BCUT2D eigenvalue weighted by molar-refractivity contribution is -0.138. The Bertz CT molecular complexity index is 320. The van der Waals surface area contributed by atoms with E-state index in [2.05, 4.69) is 5.32 Å². The van der Waals surface area contributed by atoms with Gasteiger partial charge in [0.25, 0.3) is 0 Å². The van der Waals surface area contributed by atoms with Gasteiger partial charge in [0.15, 0.2) is 0 Å². The third-order valence-corrected chi connectivity index (χ3v) is 4.32. The van der Waals surface area contributed by atoms with Gasteiger partial charge in [-0.2, -0.15) is 11.8 Å². The Labute approximate surface area is 112 Å². The number of nitrogens with one attached hydrogen (secondary N) is 1. The molecule has 1 fully saturated rings. The number of nitrogens with zero attached hydrogens (tertiary/aromatic N) is 1. The van der Waals surface area contributed by atoms with Crippen LogP contribution >= 0.6 is 11.8 Å². The number of carboxylic acid groups (broad SMARTS) is 1. The van der Waals surface area contributed by atoms with E-state index < -0.39 is 5.97 Å². The van der Waals surface area contributed by atoms with Gasteiger partial charge in [0.1, 0.15) is 0 Å². The molecule has 104 valence electrons. The molecule has 0 aromatic heterocycles. The van der Waals surface area contributed by atoms with Crippen molar-refractivity contribution >= 4 is 23.8 Å². The van der Waals surface area contributed by atoms with E-state index in [1.807, 2.05) is 20.8 Å². The van der Waals surface area contributed by atoms with Crippen LogP contribution in [0.1, 0.15) is 33.6 Å². The minimum Gasteiger partial charge on any atom is -0.481 e. The third-order valence-electron chi connectivity index (χ3n) is 3.23. The van der Waals surface area contributed by atoms with Crippen molar-refractivity contribution in [1.29, 1.82) is 0 Å². The number of carbonyl (C=O) groups excluding carboxylic acids is 1. The van der Waals surface area contributed by atoms with Crippen LogP contribution in [0, 0.1) is 0 Å². The summed E-state index contributed by atoms with van der Waals surface area (Å²) in [5, 5.41) is 11.8.